The molecule has 0 spiro atoms. The SMILES string of the molecule is CC1CC(O)(CN)C2(O)OC3C(OC2O1)C(O)C(N(C)C)C(O)C3N(C)C. The van der Waals surface area contributed by atoms with Gasteiger partial charge in [0.15, 0.2) is 0 Å². The molecule has 0 amide bonds. The van der Waals surface area contributed by atoms with Gasteiger partial charge in [-0.15, -0.1) is 0 Å². The van der Waals surface area contributed by atoms with Gasteiger partial charge in [0.2, 0.25) is 12.1 Å². The third-order valence-corrected chi connectivity index (χ3v) is 6.14. The van der Waals surface area contributed by atoms with Crippen LogP contribution in [-0.2, 0) is 14.2 Å². The molecular formula is C17H33N3O7. The Labute approximate surface area is 159 Å². The third kappa shape index (κ3) is 3.12. The number of aliphatic hydroxyl groups excluding tert-OH is 2. The standard InChI is InChI=1S/C17H33N3O7/c1-8-6-16(23,7-18)17(24)15(25-8)26-14-12(22)9(19(2)3)11(21)10(20(4)5)13(14)27-17/h8-15,21-24H,6-7,18H2,1-5H3. The van der Waals surface area contributed by atoms with E-state index >= 15 is 0 Å². The molecule has 0 radical (unpaired) electrons. The average Bonchev–Trinajstić information content (AvgIpc) is 2.54. The maximum absolute atomic E-state index is 11.2. The number of nitrogens with zero attached hydrogens (tertiary/aromatic N) is 2. The van der Waals surface area contributed by atoms with Crippen molar-refractivity contribution in [3.8, 4) is 0 Å². The summed E-state index contributed by atoms with van der Waals surface area (Å²) in [6, 6.07) is -1.21. The molecule has 1 aliphatic carbocycles. The first kappa shape index (κ1) is 21.3. The largest absolute Gasteiger partial charge is 0.390 e. The molecular weight excluding hydrogens is 358 g/mol. The normalized spacial score (nSPS) is 53.3. The van der Waals surface area contributed by atoms with E-state index in [0.717, 1.165) is 0 Å². The Balaban J connectivity index is 2.01. The second-order valence-corrected chi connectivity index (χ2v) is 8.49. The topological polar surface area (TPSA) is 141 Å². The highest BCUT2D eigenvalue weighted by molar-refractivity contribution is 5.12. The molecule has 3 aliphatic rings. The minimum absolute atomic E-state index is 0.0648. The van der Waals surface area contributed by atoms with E-state index in [2.05, 4.69) is 0 Å². The maximum atomic E-state index is 11.2. The molecule has 3 fully saturated rings. The molecule has 1 saturated carbocycles. The summed E-state index contributed by atoms with van der Waals surface area (Å²) < 4.78 is 17.6. The predicted octanol–water partition coefficient (Wildman–Crippen LogP) is -3.12. The van der Waals surface area contributed by atoms with E-state index in [0.29, 0.717) is 0 Å². The summed E-state index contributed by atoms with van der Waals surface area (Å²) in [5.41, 5.74) is 3.97. The molecule has 2 aliphatic heterocycles. The first-order chi connectivity index (χ1) is 12.5. The first-order valence-corrected chi connectivity index (χ1v) is 9.29. The summed E-state index contributed by atoms with van der Waals surface area (Å²) in [4.78, 5) is 3.48. The van der Waals surface area contributed by atoms with Gasteiger partial charge in [-0.25, -0.2) is 0 Å². The Morgan fingerprint density at radius 3 is 2.07 bits per heavy atom. The van der Waals surface area contributed by atoms with Crippen LogP contribution in [0.1, 0.15) is 13.3 Å². The highest BCUT2D eigenvalue weighted by atomic mass is 16.8. The number of hydrogen-bond donors (Lipinski definition) is 5. The molecule has 10 unspecified atom stereocenters. The van der Waals surface area contributed by atoms with Crippen LogP contribution in [0.4, 0.5) is 0 Å². The lowest BCUT2D eigenvalue weighted by molar-refractivity contribution is -0.484. The van der Waals surface area contributed by atoms with Gasteiger partial charge in [-0.2, -0.15) is 0 Å². The minimum Gasteiger partial charge on any atom is -0.390 e. The number of likely N-dealkylation sites (N-methyl/N-ethyl adjacent to an activating group) is 2. The Morgan fingerprint density at radius 1 is 0.963 bits per heavy atom. The van der Waals surface area contributed by atoms with Crippen molar-refractivity contribution < 1.29 is 34.6 Å². The minimum atomic E-state index is -2.21. The van der Waals surface area contributed by atoms with E-state index in [1.807, 2.05) is 0 Å². The highest BCUT2D eigenvalue weighted by Crippen LogP contribution is 2.46. The Kier molecular flexibility index (Phi) is 5.63. The number of rotatable bonds is 3. The van der Waals surface area contributed by atoms with Crippen LogP contribution in [0, 0.1) is 0 Å². The Bertz CT molecular complexity index is 553. The zero-order valence-corrected chi connectivity index (χ0v) is 16.5. The zero-order chi connectivity index (χ0) is 20.3. The molecule has 6 N–H and O–H groups in total. The number of fused-ring (bicyclic) bond motifs is 2. The van der Waals surface area contributed by atoms with E-state index in [4.69, 9.17) is 19.9 Å². The van der Waals surface area contributed by atoms with Gasteiger partial charge in [-0.3, -0.25) is 0 Å². The number of aliphatic hydroxyl groups is 4. The Morgan fingerprint density at radius 2 is 1.56 bits per heavy atom. The monoisotopic (exact) mass is 391 g/mol. The summed E-state index contributed by atoms with van der Waals surface area (Å²) >= 11 is 0. The van der Waals surface area contributed by atoms with Gasteiger partial charge >= 0.3 is 0 Å². The predicted molar refractivity (Wildman–Crippen MR) is 94.6 cm³/mol. The second kappa shape index (κ2) is 7.13. The fourth-order valence-electron chi connectivity index (χ4n) is 4.75. The first-order valence-electron chi connectivity index (χ1n) is 9.29. The molecule has 0 bridgehead atoms. The lowest BCUT2D eigenvalue weighted by atomic mass is 9.77. The van der Waals surface area contributed by atoms with Crippen LogP contribution in [0.5, 0.6) is 0 Å². The van der Waals surface area contributed by atoms with Crippen LogP contribution in [0.2, 0.25) is 0 Å². The van der Waals surface area contributed by atoms with Gasteiger partial charge in [0.25, 0.3) is 0 Å². The van der Waals surface area contributed by atoms with Crippen molar-refractivity contribution in [2.75, 3.05) is 34.7 Å². The van der Waals surface area contributed by atoms with Gasteiger partial charge in [-0.1, -0.05) is 0 Å². The molecule has 10 atom stereocenters. The third-order valence-electron chi connectivity index (χ3n) is 6.14. The lowest BCUT2D eigenvalue weighted by Gasteiger charge is -2.61. The average molecular weight is 391 g/mol. The fourth-order valence-corrected chi connectivity index (χ4v) is 4.75. The molecule has 10 nitrogen and oxygen atoms in total. The van der Waals surface area contributed by atoms with E-state index in [9.17, 15) is 20.4 Å². The highest BCUT2D eigenvalue weighted by Gasteiger charge is 2.68. The van der Waals surface area contributed by atoms with Crippen molar-refractivity contribution in [3.63, 3.8) is 0 Å². The van der Waals surface area contributed by atoms with Crippen molar-refractivity contribution in [1.82, 2.24) is 9.80 Å². The van der Waals surface area contributed by atoms with Gasteiger partial charge < -0.3 is 50.2 Å². The summed E-state index contributed by atoms with van der Waals surface area (Å²) in [5.74, 6) is -2.21. The van der Waals surface area contributed by atoms with Crippen LogP contribution in [0.3, 0.4) is 0 Å². The summed E-state index contributed by atoms with van der Waals surface area (Å²) in [5, 5.41) is 44.0. The van der Waals surface area contributed by atoms with Gasteiger partial charge in [0.05, 0.1) is 24.3 Å². The Hall–Kier alpha value is -0.400. The molecule has 3 rings (SSSR count). The number of ether oxygens (including phenoxy) is 3. The van der Waals surface area contributed by atoms with Crippen LogP contribution >= 0.6 is 0 Å². The van der Waals surface area contributed by atoms with Crippen LogP contribution in [0.15, 0.2) is 0 Å². The van der Waals surface area contributed by atoms with Crippen molar-refractivity contribution in [3.05, 3.63) is 0 Å². The van der Waals surface area contributed by atoms with Crippen molar-refractivity contribution in [2.24, 2.45) is 5.73 Å². The molecule has 0 aromatic carbocycles. The summed E-state index contributed by atoms with van der Waals surface area (Å²) in [7, 11) is 7.06. The number of nitrogens with two attached hydrogens (primary N) is 1. The molecule has 27 heavy (non-hydrogen) atoms. The van der Waals surface area contributed by atoms with Crippen molar-refractivity contribution in [2.45, 2.75) is 73.6 Å². The molecule has 0 aromatic rings. The molecule has 158 valence electrons. The smallest absolute Gasteiger partial charge is 0.249 e. The summed E-state index contributed by atoms with van der Waals surface area (Å²) in [6.45, 7) is 1.48. The van der Waals surface area contributed by atoms with Crippen molar-refractivity contribution >= 4 is 0 Å². The van der Waals surface area contributed by atoms with Crippen LogP contribution in [0.25, 0.3) is 0 Å². The molecule has 2 saturated heterocycles. The molecule has 0 aromatic heterocycles. The lowest BCUT2D eigenvalue weighted by Crippen LogP contribution is -2.81. The zero-order valence-electron chi connectivity index (χ0n) is 16.5. The fraction of sp³-hybridized carbons (Fsp3) is 1.00. The van der Waals surface area contributed by atoms with E-state index in [1.54, 1.807) is 44.9 Å². The second-order valence-electron chi connectivity index (χ2n) is 8.49. The quantitative estimate of drug-likeness (QED) is 0.335. The molecule has 10 heteroatoms. The van der Waals surface area contributed by atoms with Crippen molar-refractivity contribution in [1.29, 1.82) is 0 Å². The maximum Gasteiger partial charge on any atom is 0.249 e. The number of hydrogen-bond acceptors (Lipinski definition) is 10. The van der Waals surface area contributed by atoms with E-state index in [1.165, 1.54) is 0 Å². The molecule has 2 heterocycles. The summed E-state index contributed by atoms with van der Waals surface area (Å²) in [6.07, 6.45) is -5.52. The van der Waals surface area contributed by atoms with Crippen LogP contribution < -0.4 is 5.73 Å². The van der Waals surface area contributed by atoms with E-state index < -0.39 is 60.3 Å². The van der Waals surface area contributed by atoms with E-state index in [-0.39, 0.29) is 13.0 Å². The van der Waals surface area contributed by atoms with Gasteiger partial charge in [0.1, 0.15) is 23.9 Å². The van der Waals surface area contributed by atoms with Gasteiger partial charge in [-0.05, 0) is 35.1 Å². The van der Waals surface area contributed by atoms with Gasteiger partial charge in [0, 0.05) is 13.0 Å². The van der Waals surface area contributed by atoms with Crippen LogP contribution in [-0.4, -0.2) is 125 Å².